The lowest BCUT2D eigenvalue weighted by Crippen LogP contribution is -2.20. The molecule has 106 valence electrons. The second-order valence-electron chi connectivity index (χ2n) is 4.68. The topological polar surface area (TPSA) is 59.2 Å². The number of fused-ring (bicyclic) bond motifs is 1. The summed E-state index contributed by atoms with van der Waals surface area (Å²) in [5.41, 5.74) is 1.05. The molecule has 1 unspecified atom stereocenters. The number of imidazole rings is 1. The van der Waals surface area contributed by atoms with Crippen LogP contribution in [0.4, 0.5) is 0 Å². The Kier molecular flexibility index (Phi) is 3.80. The molecule has 1 aliphatic heterocycles. The van der Waals surface area contributed by atoms with Crippen molar-refractivity contribution in [2.75, 3.05) is 13.2 Å². The fourth-order valence-corrected chi connectivity index (χ4v) is 2.44. The SMILES string of the molecule is CC(NCc1cc(Cl)c2c(c1)OCCO2)c1ncc[nH]1. The molecule has 0 bridgehead atoms. The summed E-state index contributed by atoms with van der Waals surface area (Å²) >= 11 is 6.21. The maximum absolute atomic E-state index is 6.21. The van der Waals surface area contributed by atoms with Crippen molar-refractivity contribution in [2.24, 2.45) is 0 Å². The van der Waals surface area contributed by atoms with Crippen LogP contribution in [0.5, 0.6) is 11.5 Å². The van der Waals surface area contributed by atoms with Crippen molar-refractivity contribution >= 4 is 11.6 Å². The Labute approximate surface area is 122 Å². The molecule has 1 aromatic heterocycles. The van der Waals surface area contributed by atoms with Crippen LogP contribution < -0.4 is 14.8 Å². The second kappa shape index (κ2) is 5.73. The highest BCUT2D eigenvalue weighted by molar-refractivity contribution is 6.32. The van der Waals surface area contributed by atoms with E-state index < -0.39 is 0 Å². The highest BCUT2D eigenvalue weighted by Crippen LogP contribution is 2.38. The van der Waals surface area contributed by atoms with Gasteiger partial charge in [-0.15, -0.1) is 0 Å². The summed E-state index contributed by atoms with van der Waals surface area (Å²) in [6.07, 6.45) is 3.56. The first kappa shape index (κ1) is 13.3. The number of hydrogen-bond acceptors (Lipinski definition) is 4. The monoisotopic (exact) mass is 293 g/mol. The summed E-state index contributed by atoms with van der Waals surface area (Å²) in [7, 11) is 0. The van der Waals surface area contributed by atoms with Crippen LogP contribution in [0.15, 0.2) is 24.5 Å². The molecule has 1 aromatic carbocycles. The Morgan fingerprint density at radius 3 is 3.05 bits per heavy atom. The summed E-state index contributed by atoms with van der Waals surface area (Å²) in [4.78, 5) is 7.32. The Morgan fingerprint density at radius 1 is 1.40 bits per heavy atom. The van der Waals surface area contributed by atoms with Gasteiger partial charge >= 0.3 is 0 Å². The van der Waals surface area contributed by atoms with Crippen molar-refractivity contribution in [1.82, 2.24) is 15.3 Å². The number of nitrogens with one attached hydrogen (secondary N) is 2. The molecule has 1 aliphatic rings. The molecule has 20 heavy (non-hydrogen) atoms. The molecule has 5 nitrogen and oxygen atoms in total. The molecule has 0 amide bonds. The molecular weight excluding hydrogens is 278 g/mol. The van der Waals surface area contributed by atoms with E-state index in [9.17, 15) is 0 Å². The van der Waals surface area contributed by atoms with E-state index in [0.717, 1.165) is 11.4 Å². The first-order valence-electron chi connectivity index (χ1n) is 6.54. The van der Waals surface area contributed by atoms with Crippen molar-refractivity contribution in [1.29, 1.82) is 0 Å². The van der Waals surface area contributed by atoms with E-state index in [4.69, 9.17) is 21.1 Å². The second-order valence-corrected chi connectivity index (χ2v) is 5.09. The van der Waals surface area contributed by atoms with Gasteiger partial charge in [-0.1, -0.05) is 11.6 Å². The van der Waals surface area contributed by atoms with Crippen LogP contribution in [0.25, 0.3) is 0 Å². The zero-order valence-electron chi connectivity index (χ0n) is 11.1. The number of aromatic nitrogens is 2. The molecule has 0 aliphatic carbocycles. The lowest BCUT2D eigenvalue weighted by Gasteiger charge is -2.20. The van der Waals surface area contributed by atoms with Crippen LogP contribution in [-0.4, -0.2) is 23.2 Å². The van der Waals surface area contributed by atoms with Crippen LogP contribution in [-0.2, 0) is 6.54 Å². The van der Waals surface area contributed by atoms with Crippen LogP contribution >= 0.6 is 11.6 Å². The molecule has 0 radical (unpaired) electrons. The van der Waals surface area contributed by atoms with Crippen molar-refractivity contribution in [3.8, 4) is 11.5 Å². The Balaban J connectivity index is 1.70. The zero-order valence-corrected chi connectivity index (χ0v) is 11.9. The lowest BCUT2D eigenvalue weighted by atomic mass is 10.1. The van der Waals surface area contributed by atoms with Crippen LogP contribution in [0, 0.1) is 0 Å². The number of nitrogens with zero attached hydrogens (tertiary/aromatic N) is 1. The van der Waals surface area contributed by atoms with Crippen molar-refractivity contribution < 1.29 is 9.47 Å². The maximum Gasteiger partial charge on any atom is 0.179 e. The summed E-state index contributed by atoms with van der Waals surface area (Å²) in [6.45, 7) is 3.83. The van der Waals surface area contributed by atoms with Gasteiger partial charge in [0, 0.05) is 18.9 Å². The quantitative estimate of drug-likeness (QED) is 0.910. The third kappa shape index (κ3) is 2.73. The summed E-state index contributed by atoms with van der Waals surface area (Å²) in [6, 6.07) is 4.00. The molecular formula is C14H16ClN3O2. The number of hydrogen-bond donors (Lipinski definition) is 2. The highest BCUT2D eigenvalue weighted by Gasteiger charge is 2.17. The lowest BCUT2D eigenvalue weighted by molar-refractivity contribution is 0.171. The van der Waals surface area contributed by atoms with Gasteiger partial charge in [-0.3, -0.25) is 0 Å². The van der Waals surface area contributed by atoms with Crippen LogP contribution in [0.3, 0.4) is 0 Å². The third-order valence-corrected chi connectivity index (χ3v) is 3.48. The average molecular weight is 294 g/mol. The van der Waals surface area contributed by atoms with Gasteiger partial charge in [0.2, 0.25) is 0 Å². The predicted octanol–water partition coefficient (Wildman–Crippen LogP) is 2.69. The third-order valence-electron chi connectivity index (χ3n) is 3.20. The minimum Gasteiger partial charge on any atom is -0.486 e. The zero-order chi connectivity index (χ0) is 13.9. The van der Waals surface area contributed by atoms with Crippen molar-refractivity contribution in [3.63, 3.8) is 0 Å². The van der Waals surface area contributed by atoms with Crippen LogP contribution in [0.2, 0.25) is 5.02 Å². The van der Waals surface area contributed by atoms with E-state index >= 15 is 0 Å². The van der Waals surface area contributed by atoms with Crippen molar-refractivity contribution in [3.05, 3.63) is 40.9 Å². The standard InChI is InChI=1S/C14H16ClN3O2/c1-9(14-16-2-3-17-14)18-8-10-6-11(15)13-12(7-10)19-4-5-20-13/h2-3,6-7,9,18H,4-5,8H2,1H3,(H,16,17). The molecule has 2 N–H and O–H groups in total. The van der Waals surface area contributed by atoms with E-state index in [1.807, 2.05) is 18.3 Å². The largest absolute Gasteiger partial charge is 0.486 e. The van der Waals surface area contributed by atoms with Crippen molar-refractivity contribution in [2.45, 2.75) is 19.5 Å². The molecule has 0 saturated heterocycles. The fraction of sp³-hybridized carbons (Fsp3) is 0.357. The van der Waals surface area contributed by atoms with E-state index in [2.05, 4.69) is 22.2 Å². The Bertz CT molecular complexity index is 586. The number of benzene rings is 1. The molecule has 0 spiro atoms. The van der Waals surface area contributed by atoms with Gasteiger partial charge < -0.3 is 19.8 Å². The molecule has 3 rings (SSSR count). The molecule has 1 atom stereocenters. The summed E-state index contributed by atoms with van der Waals surface area (Å²) in [5.74, 6) is 2.26. The fourth-order valence-electron chi connectivity index (χ4n) is 2.15. The van der Waals surface area contributed by atoms with Gasteiger partial charge in [-0.2, -0.15) is 0 Å². The summed E-state index contributed by atoms with van der Waals surface area (Å²) in [5, 5.41) is 3.97. The van der Waals surface area contributed by atoms with E-state index in [0.29, 0.717) is 36.3 Å². The van der Waals surface area contributed by atoms with E-state index in [1.54, 1.807) is 6.20 Å². The van der Waals surface area contributed by atoms with Crippen LogP contribution in [0.1, 0.15) is 24.4 Å². The Hall–Kier alpha value is -1.72. The van der Waals surface area contributed by atoms with Gasteiger partial charge in [-0.05, 0) is 24.6 Å². The first-order chi connectivity index (χ1) is 9.74. The molecule has 2 aromatic rings. The number of aromatic amines is 1. The number of ether oxygens (including phenoxy) is 2. The average Bonchev–Trinajstić information content (AvgIpc) is 2.99. The summed E-state index contributed by atoms with van der Waals surface area (Å²) < 4.78 is 11.1. The van der Waals surface area contributed by atoms with Gasteiger partial charge in [0.15, 0.2) is 11.5 Å². The molecule has 6 heteroatoms. The highest BCUT2D eigenvalue weighted by atomic mass is 35.5. The predicted molar refractivity (Wildman–Crippen MR) is 76.3 cm³/mol. The normalized spacial score (nSPS) is 15.1. The van der Waals surface area contributed by atoms with Gasteiger partial charge in [0.05, 0.1) is 11.1 Å². The smallest absolute Gasteiger partial charge is 0.179 e. The molecule has 0 saturated carbocycles. The van der Waals surface area contributed by atoms with E-state index in [1.165, 1.54) is 0 Å². The maximum atomic E-state index is 6.21. The van der Waals surface area contributed by atoms with E-state index in [-0.39, 0.29) is 6.04 Å². The molecule has 2 heterocycles. The van der Waals surface area contributed by atoms with Gasteiger partial charge in [-0.25, -0.2) is 4.98 Å². The molecule has 0 fully saturated rings. The Morgan fingerprint density at radius 2 is 2.25 bits per heavy atom. The van der Waals surface area contributed by atoms with Gasteiger partial charge in [0.1, 0.15) is 19.0 Å². The number of H-pyrrole nitrogens is 1. The number of halogens is 1. The minimum atomic E-state index is 0.136. The minimum absolute atomic E-state index is 0.136. The number of rotatable bonds is 4. The van der Waals surface area contributed by atoms with Gasteiger partial charge in [0.25, 0.3) is 0 Å². The first-order valence-corrected chi connectivity index (χ1v) is 6.92.